The zero-order chi connectivity index (χ0) is 17.5. The van der Waals surface area contributed by atoms with Crippen molar-refractivity contribution >= 4 is 18.0 Å². The van der Waals surface area contributed by atoms with Crippen LogP contribution in [-0.4, -0.2) is 36.0 Å². The van der Waals surface area contributed by atoms with Crippen LogP contribution in [0.3, 0.4) is 0 Å². The second-order valence-electron chi connectivity index (χ2n) is 6.47. The van der Waals surface area contributed by atoms with Crippen molar-refractivity contribution in [3.05, 3.63) is 41.5 Å². The van der Waals surface area contributed by atoms with Gasteiger partial charge >= 0.3 is 5.97 Å². The first kappa shape index (κ1) is 18.2. The molecule has 0 spiro atoms. The predicted molar refractivity (Wildman–Crippen MR) is 95.6 cm³/mol. The Hall–Kier alpha value is -2.10. The van der Waals surface area contributed by atoms with Crippen LogP contribution in [0, 0.1) is 0 Å². The Labute approximate surface area is 144 Å². The van der Waals surface area contributed by atoms with Crippen LogP contribution in [0.4, 0.5) is 0 Å². The summed E-state index contributed by atoms with van der Waals surface area (Å²) in [5, 5.41) is 0. The highest BCUT2D eigenvalue weighted by molar-refractivity contribution is 5.92. The van der Waals surface area contributed by atoms with Crippen molar-refractivity contribution < 1.29 is 14.3 Å². The summed E-state index contributed by atoms with van der Waals surface area (Å²) in [6, 6.07) is 8.51. The van der Waals surface area contributed by atoms with E-state index < -0.39 is 0 Å². The van der Waals surface area contributed by atoms with Gasteiger partial charge in [-0.05, 0) is 42.9 Å². The van der Waals surface area contributed by atoms with Crippen LogP contribution in [0.25, 0.3) is 6.08 Å². The molecule has 1 aromatic carbocycles. The van der Waals surface area contributed by atoms with Gasteiger partial charge in [0.05, 0.1) is 13.0 Å². The summed E-state index contributed by atoms with van der Waals surface area (Å²) in [4.78, 5) is 25.7. The Bertz CT molecular complexity index is 585. The summed E-state index contributed by atoms with van der Waals surface area (Å²) in [6.07, 6.45) is 5.74. The summed E-state index contributed by atoms with van der Waals surface area (Å²) in [5.41, 5.74) is 2.29. The second-order valence-corrected chi connectivity index (χ2v) is 6.47. The molecule has 0 N–H and O–H groups in total. The molecule has 1 amide bonds. The molecule has 1 saturated carbocycles. The zero-order valence-electron chi connectivity index (χ0n) is 14.8. The molecule has 4 nitrogen and oxygen atoms in total. The van der Waals surface area contributed by atoms with Gasteiger partial charge in [0.1, 0.15) is 0 Å². The first-order valence-corrected chi connectivity index (χ1v) is 8.75. The topological polar surface area (TPSA) is 46.6 Å². The van der Waals surface area contributed by atoms with Crippen molar-refractivity contribution in [1.82, 2.24) is 4.90 Å². The van der Waals surface area contributed by atoms with Crippen molar-refractivity contribution in [2.75, 3.05) is 13.2 Å². The smallest absolute Gasteiger partial charge is 0.307 e. The number of hydrogen-bond donors (Lipinski definition) is 0. The van der Waals surface area contributed by atoms with E-state index in [2.05, 4.69) is 26.0 Å². The third-order valence-electron chi connectivity index (χ3n) is 4.15. The lowest BCUT2D eigenvalue weighted by Gasteiger charge is -2.20. The van der Waals surface area contributed by atoms with E-state index in [-0.39, 0.29) is 24.3 Å². The molecule has 0 saturated heterocycles. The van der Waals surface area contributed by atoms with Gasteiger partial charge in [-0.15, -0.1) is 0 Å². The lowest BCUT2D eigenvalue weighted by Crippen LogP contribution is -2.33. The minimum Gasteiger partial charge on any atom is -0.466 e. The maximum atomic E-state index is 12.4. The summed E-state index contributed by atoms with van der Waals surface area (Å²) in [7, 11) is 0. The largest absolute Gasteiger partial charge is 0.466 e. The van der Waals surface area contributed by atoms with Gasteiger partial charge in [0.25, 0.3) is 0 Å². The molecular formula is C20H27NO3. The Morgan fingerprint density at radius 3 is 2.46 bits per heavy atom. The van der Waals surface area contributed by atoms with Crippen LogP contribution in [0.15, 0.2) is 30.3 Å². The molecule has 4 heteroatoms. The van der Waals surface area contributed by atoms with Crippen LogP contribution in [0.1, 0.15) is 57.1 Å². The van der Waals surface area contributed by atoms with Crippen molar-refractivity contribution in [2.45, 2.75) is 52.0 Å². The Morgan fingerprint density at radius 2 is 1.92 bits per heavy atom. The summed E-state index contributed by atoms with van der Waals surface area (Å²) >= 11 is 0. The van der Waals surface area contributed by atoms with E-state index in [0.717, 1.165) is 18.4 Å². The van der Waals surface area contributed by atoms with Gasteiger partial charge in [-0.1, -0.05) is 38.1 Å². The van der Waals surface area contributed by atoms with Gasteiger partial charge < -0.3 is 9.64 Å². The predicted octanol–water partition coefficient (Wildman–Crippen LogP) is 3.77. The summed E-state index contributed by atoms with van der Waals surface area (Å²) < 4.78 is 4.94. The molecule has 0 aliphatic heterocycles. The van der Waals surface area contributed by atoms with E-state index in [0.29, 0.717) is 19.1 Å². The average Bonchev–Trinajstić information content (AvgIpc) is 3.38. The third kappa shape index (κ3) is 5.52. The van der Waals surface area contributed by atoms with Gasteiger partial charge in [0, 0.05) is 18.7 Å². The van der Waals surface area contributed by atoms with Crippen LogP contribution in [0.5, 0.6) is 0 Å². The number of benzene rings is 1. The van der Waals surface area contributed by atoms with Crippen LogP contribution < -0.4 is 0 Å². The first-order valence-electron chi connectivity index (χ1n) is 8.75. The minimum atomic E-state index is -0.246. The molecule has 24 heavy (non-hydrogen) atoms. The molecule has 0 aromatic heterocycles. The van der Waals surface area contributed by atoms with E-state index in [9.17, 15) is 9.59 Å². The number of rotatable bonds is 8. The Morgan fingerprint density at radius 1 is 1.25 bits per heavy atom. The van der Waals surface area contributed by atoms with E-state index in [1.807, 2.05) is 18.2 Å². The van der Waals surface area contributed by atoms with Crippen LogP contribution in [-0.2, 0) is 14.3 Å². The number of ether oxygens (including phenoxy) is 1. The normalized spacial score (nSPS) is 14.2. The van der Waals surface area contributed by atoms with Gasteiger partial charge in [-0.25, -0.2) is 0 Å². The molecule has 130 valence electrons. The molecule has 0 radical (unpaired) electrons. The molecule has 1 aliphatic carbocycles. The SMILES string of the molecule is CCOC(=O)CCN(C(=O)/C=C/c1ccc(C(C)C)cc1)C1CC1. The lowest BCUT2D eigenvalue weighted by molar-refractivity contribution is -0.143. The quantitative estimate of drug-likeness (QED) is 0.539. The van der Waals surface area contributed by atoms with Crippen LogP contribution in [0.2, 0.25) is 0 Å². The van der Waals surface area contributed by atoms with E-state index >= 15 is 0 Å². The van der Waals surface area contributed by atoms with Gasteiger partial charge in [0.2, 0.25) is 5.91 Å². The molecule has 0 unspecified atom stereocenters. The average molecular weight is 329 g/mol. The molecule has 0 atom stereocenters. The van der Waals surface area contributed by atoms with E-state index in [1.165, 1.54) is 5.56 Å². The summed E-state index contributed by atoms with van der Waals surface area (Å²) in [6.45, 7) is 6.91. The van der Waals surface area contributed by atoms with Gasteiger partial charge in [0.15, 0.2) is 0 Å². The third-order valence-corrected chi connectivity index (χ3v) is 4.15. The number of carbonyl (C=O) groups is 2. The first-order chi connectivity index (χ1) is 11.5. The number of esters is 1. The number of nitrogens with zero attached hydrogens (tertiary/aromatic N) is 1. The Balaban J connectivity index is 1.93. The minimum absolute atomic E-state index is 0.0327. The zero-order valence-corrected chi connectivity index (χ0v) is 14.8. The fraction of sp³-hybridized carbons (Fsp3) is 0.500. The maximum Gasteiger partial charge on any atom is 0.307 e. The highest BCUT2D eigenvalue weighted by Crippen LogP contribution is 2.27. The fourth-order valence-electron chi connectivity index (χ4n) is 2.56. The number of hydrogen-bond acceptors (Lipinski definition) is 3. The maximum absolute atomic E-state index is 12.4. The van der Waals surface area contributed by atoms with Crippen molar-refractivity contribution in [2.24, 2.45) is 0 Å². The Kier molecular flexibility index (Phi) is 6.59. The monoisotopic (exact) mass is 329 g/mol. The van der Waals surface area contributed by atoms with Crippen molar-refractivity contribution in [3.8, 4) is 0 Å². The fourth-order valence-corrected chi connectivity index (χ4v) is 2.56. The molecule has 0 heterocycles. The van der Waals surface area contributed by atoms with E-state index in [1.54, 1.807) is 17.9 Å². The molecule has 1 fully saturated rings. The van der Waals surface area contributed by atoms with Crippen LogP contribution >= 0.6 is 0 Å². The van der Waals surface area contributed by atoms with Crippen molar-refractivity contribution in [3.63, 3.8) is 0 Å². The molecular weight excluding hydrogens is 302 g/mol. The molecule has 0 bridgehead atoms. The summed E-state index contributed by atoms with van der Waals surface area (Å²) in [5.74, 6) is 0.219. The molecule has 2 rings (SSSR count). The van der Waals surface area contributed by atoms with Crippen molar-refractivity contribution in [1.29, 1.82) is 0 Å². The van der Waals surface area contributed by atoms with Gasteiger partial charge in [-0.2, -0.15) is 0 Å². The lowest BCUT2D eigenvalue weighted by atomic mass is 10.0. The molecule has 1 aromatic rings. The second kappa shape index (κ2) is 8.67. The molecule has 1 aliphatic rings. The van der Waals surface area contributed by atoms with E-state index in [4.69, 9.17) is 4.74 Å². The highest BCUT2D eigenvalue weighted by atomic mass is 16.5. The van der Waals surface area contributed by atoms with Gasteiger partial charge in [-0.3, -0.25) is 9.59 Å². The highest BCUT2D eigenvalue weighted by Gasteiger charge is 2.31. The number of carbonyl (C=O) groups excluding carboxylic acids is 2. The standard InChI is InChI=1S/C20H27NO3/c1-4-24-20(23)13-14-21(18-10-11-18)19(22)12-7-16-5-8-17(9-6-16)15(2)3/h5-9,12,15,18H,4,10-11,13-14H2,1-3H3/b12-7+. The number of amides is 1.